The van der Waals surface area contributed by atoms with Gasteiger partial charge in [0, 0.05) is 0 Å². The summed E-state index contributed by atoms with van der Waals surface area (Å²) in [6, 6.07) is 0. The summed E-state index contributed by atoms with van der Waals surface area (Å²) in [5.41, 5.74) is 0. The van der Waals surface area contributed by atoms with E-state index in [0.29, 0.717) is 0 Å². The molecule has 0 unspecified atom stereocenters. The zero-order valence-corrected chi connectivity index (χ0v) is 14.8. The van der Waals surface area contributed by atoms with Crippen molar-refractivity contribution in [3.8, 4) is 0 Å². The summed E-state index contributed by atoms with van der Waals surface area (Å²) >= 11 is 0. The SMILES string of the molecule is CCCCC=CC[N+](CCCC)(CCCC)CCCC. The molecule has 0 N–H and O–H groups in total. The molecule has 20 heavy (non-hydrogen) atoms. The quantitative estimate of drug-likeness (QED) is 0.210. The van der Waals surface area contributed by atoms with E-state index in [2.05, 4.69) is 39.8 Å². The van der Waals surface area contributed by atoms with E-state index in [1.165, 1.54) is 88.4 Å². The van der Waals surface area contributed by atoms with E-state index < -0.39 is 0 Å². The molecular formula is C19H40N+. The van der Waals surface area contributed by atoms with Crippen LogP contribution >= 0.6 is 0 Å². The highest BCUT2D eigenvalue weighted by atomic mass is 15.3. The molecule has 0 atom stereocenters. The minimum absolute atomic E-state index is 1.27. The Hall–Kier alpha value is -0.300. The lowest BCUT2D eigenvalue weighted by atomic mass is 10.1. The lowest BCUT2D eigenvalue weighted by Gasteiger charge is -2.38. The Bertz CT molecular complexity index is 198. The van der Waals surface area contributed by atoms with E-state index in [0.717, 1.165) is 0 Å². The van der Waals surface area contributed by atoms with E-state index in [1.54, 1.807) is 0 Å². The van der Waals surface area contributed by atoms with Crippen LogP contribution in [0, 0.1) is 0 Å². The lowest BCUT2D eigenvalue weighted by molar-refractivity contribution is -0.923. The molecule has 0 aliphatic rings. The molecule has 0 saturated heterocycles. The van der Waals surface area contributed by atoms with Gasteiger partial charge in [0.1, 0.15) is 0 Å². The van der Waals surface area contributed by atoms with Gasteiger partial charge in [-0.05, 0) is 31.8 Å². The number of nitrogens with zero attached hydrogens (tertiary/aromatic N) is 1. The Morgan fingerprint density at radius 2 is 1.05 bits per heavy atom. The highest BCUT2D eigenvalue weighted by Crippen LogP contribution is 2.15. The average Bonchev–Trinajstić information content (AvgIpc) is 2.48. The van der Waals surface area contributed by atoms with Gasteiger partial charge in [-0.2, -0.15) is 0 Å². The number of quaternary nitrogens is 1. The fourth-order valence-corrected chi connectivity index (χ4v) is 2.83. The molecule has 0 rings (SSSR count). The maximum atomic E-state index is 2.48. The monoisotopic (exact) mass is 282 g/mol. The second kappa shape index (κ2) is 13.7. The van der Waals surface area contributed by atoms with Gasteiger partial charge in [0.2, 0.25) is 0 Å². The highest BCUT2D eigenvalue weighted by molar-refractivity contribution is 4.81. The smallest absolute Gasteiger partial charge is 0.0973 e. The van der Waals surface area contributed by atoms with Crippen LogP contribution in [0.4, 0.5) is 0 Å². The van der Waals surface area contributed by atoms with Crippen molar-refractivity contribution in [2.75, 3.05) is 26.2 Å². The van der Waals surface area contributed by atoms with E-state index in [-0.39, 0.29) is 0 Å². The van der Waals surface area contributed by atoms with Gasteiger partial charge < -0.3 is 4.48 Å². The summed E-state index contributed by atoms with van der Waals surface area (Å²) < 4.78 is 1.35. The van der Waals surface area contributed by atoms with Crippen molar-refractivity contribution in [3.05, 3.63) is 12.2 Å². The normalized spacial score (nSPS) is 12.4. The first-order valence-electron chi connectivity index (χ1n) is 9.24. The van der Waals surface area contributed by atoms with Crippen molar-refractivity contribution in [2.24, 2.45) is 0 Å². The summed E-state index contributed by atoms with van der Waals surface area (Å²) in [6.07, 6.45) is 17.0. The van der Waals surface area contributed by atoms with Gasteiger partial charge >= 0.3 is 0 Å². The molecule has 1 nitrogen and oxygen atoms in total. The molecule has 0 radical (unpaired) electrons. The van der Waals surface area contributed by atoms with Crippen molar-refractivity contribution in [3.63, 3.8) is 0 Å². The first-order valence-corrected chi connectivity index (χ1v) is 9.24. The molecular weight excluding hydrogens is 242 g/mol. The van der Waals surface area contributed by atoms with E-state index >= 15 is 0 Å². The van der Waals surface area contributed by atoms with Crippen LogP contribution in [0.25, 0.3) is 0 Å². The van der Waals surface area contributed by atoms with Crippen molar-refractivity contribution in [1.82, 2.24) is 0 Å². The Labute approximate surface area is 129 Å². The topological polar surface area (TPSA) is 0 Å². The number of unbranched alkanes of at least 4 members (excludes halogenated alkanes) is 5. The van der Waals surface area contributed by atoms with Crippen LogP contribution in [0.15, 0.2) is 12.2 Å². The molecule has 0 aromatic carbocycles. The molecule has 0 heterocycles. The van der Waals surface area contributed by atoms with Crippen LogP contribution in [-0.2, 0) is 0 Å². The summed E-state index contributed by atoms with van der Waals surface area (Å²) in [5.74, 6) is 0. The number of hydrogen-bond acceptors (Lipinski definition) is 0. The number of rotatable bonds is 14. The third-order valence-electron chi connectivity index (χ3n) is 4.34. The fraction of sp³-hybridized carbons (Fsp3) is 0.895. The third kappa shape index (κ3) is 9.58. The van der Waals surface area contributed by atoms with E-state index in [9.17, 15) is 0 Å². The molecule has 0 amide bonds. The van der Waals surface area contributed by atoms with Crippen molar-refractivity contribution >= 4 is 0 Å². The van der Waals surface area contributed by atoms with E-state index in [1.807, 2.05) is 0 Å². The van der Waals surface area contributed by atoms with Gasteiger partial charge in [-0.15, -0.1) is 0 Å². The molecule has 120 valence electrons. The molecule has 0 aliphatic carbocycles. The zero-order chi connectivity index (χ0) is 15.1. The van der Waals surface area contributed by atoms with Crippen LogP contribution < -0.4 is 0 Å². The Balaban J connectivity index is 4.52. The lowest BCUT2D eigenvalue weighted by Crippen LogP contribution is -2.50. The second-order valence-electron chi connectivity index (χ2n) is 6.37. The van der Waals surface area contributed by atoms with Gasteiger partial charge in [-0.3, -0.25) is 0 Å². The average molecular weight is 283 g/mol. The molecule has 0 spiro atoms. The minimum Gasteiger partial charge on any atom is -0.320 e. The minimum atomic E-state index is 1.27. The molecule has 1 heteroatoms. The Morgan fingerprint density at radius 1 is 0.600 bits per heavy atom. The maximum Gasteiger partial charge on any atom is 0.0973 e. The molecule has 0 aliphatic heterocycles. The molecule has 0 aromatic rings. The number of hydrogen-bond donors (Lipinski definition) is 0. The van der Waals surface area contributed by atoms with Crippen molar-refractivity contribution in [1.29, 1.82) is 0 Å². The van der Waals surface area contributed by atoms with Crippen LogP contribution in [0.5, 0.6) is 0 Å². The summed E-state index contributed by atoms with van der Waals surface area (Å²) in [7, 11) is 0. The van der Waals surface area contributed by atoms with Gasteiger partial charge in [0.15, 0.2) is 0 Å². The highest BCUT2D eigenvalue weighted by Gasteiger charge is 2.23. The fourth-order valence-electron chi connectivity index (χ4n) is 2.83. The standard InChI is InChI=1S/C19H40N/c1-5-9-13-14-15-19-20(16-10-6-2,17-11-7-3)18-12-8-4/h14-15H,5-13,16-19H2,1-4H3/q+1. The summed E-state index contributed by atoms with van der Waals surface area (Å²) in [5, 5.41) is 0. The number of allylic oxidation sites excluding steroid dienone is 1. The van der Waals surface area contributed by atoms with Crippen LogP contribution in [0.2, 0.25) is 0 Å². The molecule has 0 bridgehead atoms. The van der Waals surface area contributed by atoms with Gasteiger partial charge in [0.25, 0.3) is 0 Å². The van der Waals surface area contributed by atoms with Gasteiger partial charge in [-0.25, -0.2) is 0 Å². The maximum absolute atomic E-state index is 2.48. The van der Waals surface area contributed by atoms with Crippen LogP contribution in [0.3, 0.4) is 0 Å². The first kappa shape index (κ1) is 19.7. The van der Waals surface area contributed by atoms with Crippen molar-refractivity contribution < 1.29 is 4.48 Å². The summed E-state index contributed by atoms with van der Waals surface area (Å²) in [6.45, 7) is 14.7. The van der Waals surface area contributed by atoms with Gasteiger partial charge in [0.05, 0.1) is 26.2 Å². The predicted molar refractivity (Wildman–Crippen MR) is 93.1 cm³/mol. The van der Waals surface area contributed by atoms with Crippen LogP contribution in [0.1, 0.15) is 85.5 Å². The van der Waals surface area contributed by atoms with Crippen LogP contribution in [-0.4, -0.2) is 30.7 Å². The largest absolute Gasteiger partial charge is 0.320 e. The predicted octanol–water partition coefficient (Wildman–Crippen LogP) is 5.95. The molecule has 0 saturated carbocycles. The zero-order valence-electron chi connectivity index (χ0n) is 14.8. The summed E-state index contributed by atoms with van der Waals surface area (Å²) in [4.78, 5) is 0. The molecule has 0 fully saturated rings. The Morgan fingerprint density at radius 3 is 1.45 bits per heavy atom. The molecule has 0 aromatic heterocycles. The Kier molecular flexibility index (Phi) is 13.5. The second-order valence-corrected chi connectivity index (χ2v) is 6.37. The van der Waals surface area contributed by atoms with Gasteiger partial charge in [-0.1, -0.05) is 65.9 Å². The first-order chi connectivity index (χ1) is 9.74. The third-order valence-corrected chi connectivity index (χ3v) is 4.34. The van der Waals surface area contributed by atoms with Crippen molar-refractivity contribution in [2.45, 2.75) is 85.5 Å². The van der Waals surface area contributed by atoms with E-state index in [4.69, 9.17) is 0 Å².